The van der Waals surface area contributed by atoms with E-state index >= 15 is 0 Å². The molecule has 5 aromatic carbocycles. The highest BCUT2D eigenvalue weighted by molar-refractivity contribution is 7.99. The van der Waals surface area contributed by atoms with Crippen LogP contribution in [0.5, 0.6) is 0 Å². The molecular formula is C40H34N2O5S. The van der Waals surface area contributed by atoms with Crippen LogP contribution < -0.4 is 5.32 Å². The number of aromatic nitrogens is 1. The second-order valence-electron chi connectivity index (χ2n) is 11.5. The predicted octanol–water partition coefficient (Wildman–Crippen LogP) is 9.09. The first-order chi connectivity index (χ1) is 23.6. The zero-order valence-electron chi connectivity index (χ0n) is 26.1. The van der Waals surface area contributed by atoms with Crippen molar-refractivity contribution in [3.05, 3.63) is 162 Å². The van der Waals surface area contributed by atoms with Gasteiger partial charge in [0.25, 0.3) is 11.1 Å². The number of amides is 1. The molecule has 3 atom stereocenters. The van der Waals surface area contributed by atoms with Crippen molar-refractivity contribution >= 4 is 23.4 Å². The minimum Gasteiger partial charge on any atom is -0.431 e. The summed E-state index contributed by atoms with van der Waals surface area (Å²) in [7, 11) is 0. The molecule has 48 heavy (non-hydrogen) atoms. The largest absolute Gasteiger partial charge is 0.431 e. The van der Waals surface area contributed by atoms with E-state index in [9.17, 15) is 9.90 Å². The van der Waals surface area contributed by atoms with E-state index < -0.39 is 6.29 Å². The molecule has 0 aliphatic carbocycles. The Bertz CT molecular complexity index is 1880. The van der Waals surface area contributed by atoms with Crippen molar-refractivity contribution in [3.63, 3.8) is 0 Å². The van der Waals surface area contributed by atoms with Crippen LogP contribution in [-0.2, 0) is 16.1 Å². The number of aliphatic hydroxyl groups is 1. The number of benzene rings is 5. The molecule has 0 saturated carbocycles. The Hall–Kier alpha value is -4.99. The molecule has 0 radical (unpaired) electrons. The Morgan fingerprint density at radius 1 is 0.750 bits per heavy atom. The lowest BCUT2D eigenvalue weighted by Gasteiger charge is -2.36. The van der Waals surface area contributed by atoms with Crippen LogP contribution in [0.25, 0.3) is 22.6 Å². The number of nitrogens with zero attached hydrogens (tertiary/aromatic N) is 1. The average Bonchev–Trinajstić information content (AvgIpc) is 3.60. The first-order valence-electron chi connectivity index (χ1n) is 15.8. The van der Waals surface area contributed by atoms with Crippen LogP contribution in [-0.4, -0.2) is 27.9 Å². The number of thioether (sulfide) groups is 1. The van der Waals surface area contributed by atoms with E-state index in [-0.39, 0.29) is 24.7 Å². The number of aliphatic hydroxyl groups excluding tert-OH is 1. The maximum absolute atomic E-state index is 12.7. The number of oxazole rings is 1. The average molecular weight is 655 g/mol. The smallest absolute Gasteiger partial charge is 0.256 e. The molecule has 8 heteroatoms. The second kappa shape index (κ2) is 14.8. The van der Waals surface area contributed by atoms with Crippen molar-refractivity contribution in [1.29, 1.82) is 0 Å². The highest BCUT2D eigenvalue weighted by atomic mass is 32.2. The first kappa shape index (κ1) is 31.6. The van der Waals surface area contributed by atoms with Gasteiger partial charge in [-0.1, -0.05) is 127 Å². The molecule has 7 rings (SSSR count). The van der Waals surface area contributed by atoms with E-state index in [4.69, 9.17) is 18.9 Å². The molecule has 1 amide bonds. The molecule has 1 aliphatic heterocycles. The molecule has 7 nitrogen and oxygen atoms in total. The molecule has 6 aromatic rings. The Morgan fingerprint density at radius 2 is 1.38 bits per heavy atom. The van der Waals surface area contributed by atoms with Gasteiger partial charge in [-0.05, 0) is 35.4 Å². The van der Waals surface area contributed by atoms with Gasteiger partial charge in [0.1, 0.15) is 5.69 Å². The number of hydrogen-bond donors (Lipinski definition) is 2. The van der Waals surface area contributed by atoms with E-state index in [1.54, 1.807) is 12.1 Å². The van der Waals surface area contributed by atoms with Crippen LogP contribution in [0.2, 0.25) is 0 Å². The zero-order chi connectivity index (χ0) is 32.7. The molecule has 0 unspecified atom stereocenters. The molecule has 240 valence electrons. The summed E-state index contributed by atoms with van der Waals surface area (Å²) < 4.78 is 19.4. The summed E-state index contributed by atoms with van der Waals surface area (Å²) in [6.07, 6.45) is -0.412. The topological polar surface area (TPSA) is 93.8 Å². The van der Waals surface area contributed by atoms with Gasteiger partial charge in [-0.3, -0.25) is 4.79 Å². The quantitative estimate of drug-likeness (QED) is 0.142. The third kappa shape index (κ3) is 7.43. The van der Waals surface area contributed by atoms with Crippen molar-refractivity contribution in [2.75, 3.05) is 11.1 Å². The number of hydrogen-bond acceptors (Lipinski definition) is 7. The molecule has 2 heterocycles. The van der Waals surface area contributed by atoms with E-state index in [0.29, 0.717) is 28.6 Å². The van der Waals surface area contributed by atoms with Gasteiger partial charge in [0.05, 0.1) is 18.8 Å². The summed E-state index contributed by atoms with van der Waals surface area (Å²) >= 11 is 1.52. The van der Waals surface area contributed by atoms with Crippen molar-refractivity contribution in [3.8, 4) is 22.6 Å². The number of nitrogens with one attached hydrogen (secondary N) is 1. The molecule has 1 saturated heterocycles. The molecule has 2 N–H and O–H groups in total. The van der Waals surface area contributed by atoms with Gasteiger partial charge in [0.2, 0.25) is 0 Å². The number of rotatable bonds is 10. The van der Waals surface area contributed by atoms with Crippen molar-refractivity contribution in [2.24, 2.45) is 0 Å². The Kier molecular flexibility index (Phi) is 9.77. The molecule has 1 fully saturated rings. The van der Waals surface area contributed by atoms with E-state index in [1.165, 1.54) is 11.8 Å². The molecular weight excluding hydrogens is 621 g/mol. The zero-order valence-corrected chi connectivity index (χ0v) is 26.9. The van der Waals surface area contributed by atoms with Crippen LogP contribution in [0.4, 0.5) is 5.69 Å². The van der Waals surface area contributed by atoms with Crippen LogP contribution in [0.3, 0.4) is 0 Å². The predicted molar refractivity (Wildman–Crippen MR) is 187 cm³/mol. The first-order valence-corrected chi connectivity index (χ1v) is 16.8. The van der Waals surface area contributed by atoms with Crippen LogP contribution in [0, 0.1) is 0 Å². The lowest BCUT2D eigenvalue weighted by Crippen LogP contribution is -2.31. The van der Waals surface area contributed by atoms with E-state index in [1.807, 2.05) is 127 Å². The lowest BCUT2D eigenvalue weighted by molar-refractivity contribution is -0.245. The summed E-state index contributed by atoms with van der Waals surface area (Å²) in [5.41, 5.74) is 6.72. The highest BCUT2D eigenvalue weighted by Gasteiger charge is 2.33. The summed E-state index contributed by atoms with van der Waals surface area (Å²) in [4.78, 5) is 17.6. The second-order valence-corrected chi connectivity index (χ2v) is 12.5. The SMILES string of the molecule is O=C(Nc1ccc([C@@H]2O[C@H](CSc3nc(-c4ccccc4)c(-c4ccccc4)o3)C[C@H](c3ccc(CO)cc3)O2)cc1)c1ccccc1. The fraction of sp³-hybridized carbons (Fsp3) is 0.150. The van der Waals surface area contributed by atoms with Gasteiger partial charge in [-0.25, -0.2) is 4.98 Å². The molecule has 0 bridgehead atoms. The van der Waals surface area contributed by atoms with Crippen molar-refractivity contribution in [1.82, 2.24) is 4.98 Å². The normalized spacial score (nSPS) is 17.6. The Balaban J connectivity index is 1.11. The summed E-state index contributed by atoms with van der Waals surface area (Å²) in [6, 6.07) is 44.6. The van der Waals surface area contributed by atoms with Crippen molar-refractivity contribution < 1.29 is 23.8 Å². The number of carbonyl (C=O) groups is 1. The minimum absolute atomic E-state index is 0.0178. The van der Waals surface area contributed by atoms with Gasteiger partial charge < -0.3 is 24.3 Å². The third-order valence-corrected chi connectivity index (χ3v) is 9.14. The fourth-order valence-electron chi connectivity index (χ4n) is 5.64. The van der Waals surface area contributed by atoms with Gasteiger partial charge in [0, 0.05) is 40.1 Å². The summed E-state index contributed by atoms with van der Waals surface area (Å²) in [6.45, 7) is -0.0178. The Morgan fingerprint density at radius 3 is 2.04 bits per heavy atom. The fourth-order valence-corrected chi connectivity index (χ4v) is 6.48. The number of ether oxygens (including phenoxy) is 2. The van der Waals surface area contributed by atoms with E-state index in [0.717, 1.165) is 39.3 Å². The van der Waals surface area contributed by atoms with Crippen molar-refractivity contribution in [2.45, 2.75) is 36.7 Å². The summed E-state index contributed by atoms with van der Waals surface area (Å²) in [5.74, 6) is 1.16. The van der Waals surface area contributed by atoms with Crippen LogP contribution in [0.15, 0.2) is 149 Å². The molecule has 0 spiro atoms. The molecule has 1 aliphatic rings. The monoisotopic (exact) mass is 654 g/mol. The molecule has 1 aromatic heterocycles. The Labute approximate surface area is 283 Å². The van der Waals surface area contributed by atoms with Gasteiger partial charge in [-0.2, -0.15) is 0 Å². The van der Waals surface area contributed by atoms with Crippen LogP contribution in [0.1, 0.15) is 45.9 Å². The van der Waals surface area contributed by atoms with Gasteiger partial charge in [0.15, 0.2) is 12.1 Å². The van der Waals surface area contributed by atoms with E-state index in [2.05, 4.69) is 5.32 Å². The number of anilines is 1. The maximum Gasteiger partial charge on any atom is 0.256 e. The highest BCUT2D eigenvalue weighted by Crippen LogP contribution is 2.41. The maximum atomic E-state index is 12.7. The van der Waals surface area contributed by atoms with Gasteiger partial charge >= 0.3 is 0 Å². The number of carbonyl (C=O) groups excluding carboxylic acids is 1. The van der Waals surface area contributed by atoms with Crippen LogP contribution >= 0.6 is 11.8 Å². The minimum atomic E-state index is -0.630. The third-order valence-electron chi connectivity index (χ3n) is 8.18. The lowest BCUT2D eigenvalue weighted by atomic mass is 10.0. The standard InChI is InChI=1S/C40H34N2O5S/c43-25-27-16-18-28(19-17-27)35-24-34(45-39(46-35)32-20-22-33(23-21-32)41-38(44)31-14-8-3-9-15-31)26-48-40-42-36(29-10-4-1-5-11-29)37(47-40)30-12-6-2-7-13-30/h1-23,34-35,39,43H,24-26H2,(H,41,44)/t34-,35+,39+/m0/s1. The van der Waals surface area contributed by atoms with Gasteiger partial charge in [-0.15, -0.1) is 0 Å². The summed E-state index contributed by atoms with van der Waals surface area (Å²) in [5, 5.41) is 13.1.